The molecular weight excluding hydrogens is 428 g/mol. The van der Waals surface area contributed by atoms with Gasteiger partial charge in [0.2, 0.25) is 0 Å². The van der Waals surface area contributed by atoms with E-state index in [-0.39, 0.29) is 23.7 Å². The SMILES string of the molecule is Cc1onc2c1c(=O)n([C@H]1CCC[C@@H](NC(=O)Nc3ccccc3)C1)c1cccc(Cl)c21. The highest BCUT2D eigenvalue weighted by atomic mass is 35.5. The number of nitrogens with zero attached hydrogens (tertiary/aromatic N) is 2. The van der Waals surface area contributed by atoms with Gasteiger partial charge in [-0.25, -0.2) is 4.79 Å². The fraction of sp³-hybridized carbons (Fsp3) is 0.292. The summed E-state index contributed by atoms with van der Waals surface area (Å²) in [6, 6.07) is 14.5. The number of fused-ring (bicyclic) bond motifs is 3. The zero-order chi connectivity index (χ0) is 22.2. The Kier molecular flexibility index (Phi) is 5.35. The van der Waals surface area contributed by atoms with Crippen molar-refractivity contribution in [3.63, 3.8) is 0 Å². The summed E-state index contributed by atoms with van der Waals surface area (Å²) >= 11 is 6.52. The summed E-state index contributed by atoms with van der Waals surface area (Å²) in [6.45, 7) is 1.74. The van der Waals surface area contributed by atoms with E-state index in [0.717, 1.165) is 35.9 Å². The van der Waals surface area contributed by atoms with E-state index < -0.39 is 0 Å². The first-order chi connectivity index (χ1) is 15.5. The average molecular weight is 451 g/mol. The van der Waals surface area contributed by atoms with Crippen LogP contribution in [0.25, 0.3) is 21.8 Å². The number of benzene rings is 2. The lowest BCUT2D eigenvalue weighted by Gasteiger charge is -2.32. The van der Waals surface area contributed by atoms with Crippen molar-refractivity contribution in [2.24, 2.45) is 0 Å². The van der Waals surface area contributed by atoms with Crippen LogP contribution < -0.4 is 16.2 Å². The van der Waals surface area contributed by atoms with E-state index in [1.54, 1.807) is 13.0 Å². The minimum atomic E-state index is -0.243. The molecular formula is C24H23ClN4O3. The third-order valence-electron chi connectivity index (χ3n) is 6.16. The molecule has 0 aliphatic heterocycles. The van der Waals surface area contributed by atoms with Gasteiger partial charge in [0.1, 0.15) is 16.7 Å². The van der Waals surface area contributed by atoms with Gasteiger partial charge in [-0.2, -0.15) is 0 Å². The van der Waals surface area contributed by atoms with E-state index in [2.05, 4.69) is 15.8 Å². The molecule has 0 radical (unpaired) electrons. The van der Waals surface area contributed by atoms with Crippen LogP contribution in [0.2, 0.25) is 5.02 Å². The summed E-state index contributed by atoms with van der Waals surface area (Å²) < 4.78 is 7.16. The number of aromatic nitrogens is 2. The number of hydrogen-bond acceptors (Lipinski definition) is 4. The molecule has 1 aliphatic rings. The molecule has 2 N–H and O–H groups in total. The van der Waals surface area contributed by atoms with E-state index in [9.17, 15) is 9.59 Å². The van der Waals surface area contributed by atoms with Crippen LogP contribution in [0.3, 0.4) is 0 Å². The van der Waals surface area contributed by atoms with Crippen molar-refractivity contribution >= 4 is 45.1 Å². The summed E-state index contributed by atoms with van der Waals surface area (Å²) in [5, 5.41) is 11.8. The number of pyridine rings is 1. The van der Waals surface area contributed by atoms with Gasteiger partial charge >= 0.3 is 6.03 Å². The van der Waals surface area contributed by atoms with Gasteiger partial charge in [-0.05, 0) is 56.9 Å². The predicted molar refractivity (Wildman–Crippen MR) is 125 cm³/mol. The lowest BCUT2D eigenvalue weighted by Crippen LogP contribution is -2.42. The number of para-hydroxylation sites is 1. The smallest absolute Gasteiger partial charge is 0.319 e. The number of nitrogens with one attached hydrogen (secondary N) is 2. The number of aryl methyl sites for hydroxylation is 1. The van der Waals surface area contributed by atoms with Gasteiger partial charge in [0.15, 0.2) is 0 Å². The molecule has 2 amide bonds. The van der Waals surface area contributed by atoms with Crippen LogP contribution in [0.1, 0.15) is 37.5 Å². The molecule has 1 fully saturated rings. The van der Waals surface area contributed by atoms with Crippen molar-refractivity contribution in [2.45, 2.75) is 44.7 Å². The minimum absolute atomic E-state index is 0.0436. The second-order valence-corrected chi connectivity index (χ2v) is 8.66. The average Bonchev–Trinajstić information content (AvgIpc) is 3.16. The number of amides is 2. The molecule has 2 heterocycles. The van der Waals surface area contributed by atoms with Crippen LogP contribution in [-0.2, 0) is 0 Å². The Balaban J connectivity index is 1.48. The van der Waals surface area contributed by atoms with Gasteiger partial charge in [-0.1, -0.05) is 41.0 Å². The van der Waals surface area contributed by atoms with Crippen molar-refractivity contribution < 1.29 is 9.32 Å². The van der Waals surface area contributed by atoms with Crippen LogP contribution in [0.4, 0.5) is 10.5 Å². The van der Waals surface area contributed by atoms with Gasteiger partial charge in [0.05, 0.1) is 10.5 Å². The largest absolute Gasteiger partial charge is 0.360 e. The second-order valence-electron chi connectivity index (χ2n) is 8.25. The van der Waals surface area contributed by atoms with Gasteiger partial charge in [0, 0.05) is 23.2 Å². The molecule has 2 atom stereocenters. The standard InChI is InChI=1S/C24H23ClN4O3/c1-14-20-22(28-32-14)21-18(25)11-6-12-19(21)29(23(20)30)17-10-5-9-16(13-17)27-24(31)26-15-7-3-2-4-8-15/h2-4,6-8,11-12,16-17H,5,9-10,13H2,1H3,(H2,26,27,31)/t16-,17+/m1/s1. The number of rotatable bonds is 3. The Morgan fingerprint density at radius 1 is 1.12 bits per heavy atom. The number of carbonyl (C=O) groups excluding carboxylic acids is 1. The third kappa shape index (κ3) is 3.62. The van der Waals surface area contributed by atoms with E-state index >= 15 is 0 Å². The Hall–Kier alpha value is -3.32. The fourth-order valence-corrected chi connectivity index (χ4v) is 5.00. The number of carbonyl (C=O) groups is 1. The van der Waals surface area contributed by atoms with E-state index in [1.165, 1.54) is 0 Å². The Bertz CT molecular complexity index is 1360. The fourth-order valence-electron chi connectivity index (χ4n) is 4.74. The lowest BCUT2D eigenvalue weighted by atomic mass is 9.90. The molecule has 2 aromatic heterocycles. The van der Waals surface area contributed by atoms with Gasteiger partial charge in [-0.3, -0.25) is 4.79 Å². The molecule has 0 saturated heterocycles. The Labute approximate surface area is 189 Å². The van der Waals surface area contributed by atoms with E-state index in [0.29, 0.717) is 28.1 Å². The summed E-state index contributed by atoms with van der Waals surface area (Å²) in [7, 11) is 0. The molecule has 0 bridgehead atoms. The predicted octanol–water partition coefficient (Wildman–Crippen LogP) is 5.41. The van der Waals surface area contributed by atoms with Crippen LogP contribution in [-0.4, -0.2) is 21.8 Å². The molecule has 0 spiro atoms. The quantitative estimate of drug-likeness (QED) is 0.436. The molecule has 0 unspecified atom stereocenters. The molecule has 164 valence electrons. The lowest BCUT2D eigenvalue weighted by molar-refractivity contribution is 0.236. The van der Waals surface area contributed by atoms with Crippen LogP contribution in [0.15, 0.2) is 57.8 Å². The van der Waals surface area contributed by atoms with Crippen molar-refractivity contribution in [1.29, 1.82) is 0 Å². The zero-order valence-corrected chi connectivity index (χ0v) is 18.4. The van der Waals surface area contributed by atoms with Gasteiger partial charge in [-0.15, -0.1) is 0 Å². The molecule has 2 aromatic carbocycles. The number of halogens is 1. The van der Waals surface area contributed by atoms with Crippen molar-refractivity contribution in [1.82, 2.24) is 15.0 Å². The second kappa shape index (κ2) is 8.31. The van der Waals surface area contributed by atoms with Gasteiger partial charge in [0.25, 0.3) is 5.56 Å². The van der Waals surface area contributed by atoms with Crippen LogP contribution in [0, 0.1) is 6.92 Å². The highest BCUT2D eigenvalue weighted by Gasteiger charge is 2.28. The summed E-state index contributed by atoms with van der Waals surface area (Å²) in [4.78, 5) is 26.0. The molecule has 5 rings (SSSR count). The van der Waals surface area contributed by atoms with E-state index in [1.807, 2.05) is 47.0 Å². The molecule has 1 saturated carbocycles. The third-order valence-corrected chi connectivity index (χ3v) is 6.48. The maximum atomic E-state index is 13.5. The maximum absolute atomic E-state index is 13.5. The highest BCUT2D eigenvalue weighted by Crippen LogP contribution is 2.35. The molecule has 4 aromatic rings. The van der Waals surface area contributed by atoms with Crippen molar-refractivity contribution in [3.05, 3.63) is 69.7 Å². The molecule has 7 nitrogen and oxygen atoms in total. The number of hydrogen-bond donors (Lipinski definition) is 2. The maximum Gasteiger partial charge on any atom is 0.319 e. The number of urea groups is 1. The number of anilines is 1. The minimum Gasteiger partial charge on any atom is -0.360 e. The van der Waals surface area contributed by atoms with Crippen LogP contribution >= 0.6 is 11.6 Å². The topological polar surface area (TPSA) is 89.2 Å². The molecule has 32 heavy (non-hydrogen) atoms. The first-order valence-electron chi connectivity index (χ1n) is 10.7. The van der Waals surface area contributed by atoms with E-state index in [4.69, 9.17) is 16.1 Å². The molecule has 8 heteroatoms. The Morgan fingerprint density at radius 3 is 2.75 bits per heavy atom. The normalized spacial score (nSPS) is 18.7. The highest BCUT2D eigenvalue weighted by molar-refractivity contribution is 6.37. The first kappa shape index (κ1) is 20.6. The van der Waals surface area contributed by atoms with Crippen LogP contribution in [0.5, 0.6) is 0 Å². The monoisotopic (exact) mass is 450 g/mol. The summed E-state index contributed by atoms with van der Waals surface area (Å²) in [5.74, 6) is 0.480. The van der Waals surface area contributed by atoms with Gasteiger partial charge < -0.3 is 19.7 Å². The Morgan fingerprint density at radius 2 is 1.94 bits per heavy atom. The van der Waals surface area contributed by atoms with Crippen molar-refractivity contribution in [3.8, 4) is 0 Å². The zero-order valence-electron chi connectivity index (χ0n) is 17.6. The van der Waals surface area contributed by atoms with Crippen molar-refractivity contribution in [2.75, 3.05) is 5.32 Å². The summed E-state index contributed by atoms with van der Waals surface area (Å²) in [5.41, 5.74) is 1.84. The first-order valence-corrected chi connectivity index (χ1v) is 11.1. The molecule has 1 aliphatic carbocycles. The summed E-state index contributed by atoms with van der Waals surface area (Å²) in [6.07, 6.45) is 3.26.